The summed E-state index contributed by atoms with van der Waals surface area (Å²) in [5, 5.41) is 19.7. The van der Waals surface area contributed by atoms with E-state index >= 15 is 0 Å². The molecule has 3 aromatic rings. The summed E-state index contributed by atoms with van der Waals surface area (Å²) >= 11 is 0. The highest BCUT2D eigenvalue weighted by Gasteiger charge is 2.54. The lowest BCUT2D eigenvalue weighted by atomic mass is 9.49. The van der Waals surface area contributed by atoms with Crippen LogP contribution < -0.4 is 10.6 Å². The molecule has 4 aliphatic rings. The second-order valence-electron chi connectivity index (χ2n) is 10.8. The molecule has 2 heterocycles. The minimum absolute atomic E-state index is 0.132. The van der Waals surface area contributed by atoms with E-state index in [0.29, 0.717) is 11.6 Å². The zero-order valence-corrected chi connectivity index (χ0v) is 20.1. The Bertz CT molecular complexity index is 1190. The highest BCUT2D eigenvalue weighted by molar-refractivity contribution is 5.95. The van der Waals surface area contributed by atoms with Gasteiger partial charge in [-0.25, -0.2) is 4.68 Å². The molecule has 4 saturated carbocycles. The lowest BCUT2D eigenvalue weighted by Crippen LogP contribution is -2.51. The van der Waals surface area contributed by atoms with E-state index in [4.69, 9.17) is 0 Å². The molecular formula is C27H32N6O. The van der Waals surface area contributed by atoms with Gasteiger partial charge in [0.25, 0.3) is 0 Å². The molecule has 2 N–H and O–H groups in total. The van der Waals surface area contributed by atoms with Crippen LogP contribution in [0.3, 0.4) is 0 Å². The van der Waals surface area contributed by atoms with Gasteiger partial charge in [0.05, 0.1) is 11.1 Å². The van der Waals surface area contributed by atoms with Crippen LogP contribution in [0.15, 0.2) is 36.4 Å². The maximum Gasteiger partial charge on any atom is 0.230 e. The van der Waals surface area contributed by atoms with Gasteiger partial charge in [-0.05, 0) is 119 Å². The van der Waals surface area contributed by atoms with Crippen LogP contribution in [0.5, 0.6) is 0 Å². The first-order chi connectivity index (χ1) is 16.4. The molecule has 0 unspecified atom stereocenters. The standard InChI is InChI=1S/C27H32N6O/c1-16-17(2)32-33(18(16)3)25-9-8-24(30-31-25)28-22-4-6-23(7-5-22)29-26(34)27-13-19-10-20(14-27)12-21(11-19)15-27/h4-9,19-21H,10-15H2,1-3H3,(H,28,30)(H,29,34). The van der Waals surface area contributed by atoms with Crippen LogP contribution in [0.4, 0.5) is 17.2 Å². The number of aromatic nitrogens is 4. The number of rotatable bonds is 5. The van der Waals surface area contributed by atoms with Crippen LogP contribution >= 0.6 is 0 Å². The first kappa shape index (κ1) is 21.3. The van der Waals surface area contributed by atoms with Gasteiger partial charge in [0.2, 0.25) is 5.91 Å². The molecule has 0 radical (unpaired) electrons. The molecule has 4 fully saturated rings. The maximum atomic E-state index is 13.3. The highest BCUT2D eigenvalue weighted by atomic mass is 16.2. The van der Waals surface area contributed by atoms with Gasteiger partial charge in [0.15, 0.2) is 11.6 Å². The van der Waals surface area contributed by atoms with Crippen molar-refractivity contribution in [2.75, 3.05) is 10.6 Å². The number of amides is 1. The third-order valence-corrected chi connectivity index (χ3v) is 8.46. The van der Waals surface area contributed by atoms with Gasteiger partial charge < -0.3 is 10.6 Å². The van der Waals surface area contributed by atoms with Crippen LogP contribution in [-0.4, -0.2) is 25.9 Å². The number of nitrogens with one attached hydrogen (secondary N) is 2. The third kappa shape index (κ3) is 3.67. The van der Waals surface area contributed by atoms with E-state index in [-0.39, 0.29) is 11.3 Å². The zero-order valence-electron chi connectivity index (χ0n) is 20.1. The molecule has 176 valence electrons. The summed E-state index contributed by atoms with van der Waals surface area (Å²) in [5.41, 5.74) is 4.85. The van der Waals surface area contributed by atoms with Gasteiger partial charge in [-0.1, -0.05) is 0 Å². The normalized spacial score (nSPS) is 27.1. The van der Waals surface area contributed by atoms with Crippen LogP contribution in [0.1, 0.15) is 55.5 Å². The van der Waals surface area contributed by atoms with Crippen LogP contribution in [0, 0.1) is 43.9 Å². The van der Waals surface area contributed by atoms with E-state index in [0.717, 1.165) is 59.8 Å². The SMILES string of the molecule is Cc1nn(-c2ccc(Nc3ccc(NC(=O)C45CC6CC(CC(C6)C4)C5)cc3)nn2)c(C)c1C. The fourth-order valence-electron chi connectivity index (χ4n) is 6.89. The van der Waals surface area contributed by atoms with Crippen molar-refractivity contribution in [3.8, 4) is 5.82 Å². The number of hydrogen-bond acceptors (Lipinski definition) is 5. The smallest absolute Gasteiger partial charge is 0.230 e. The average Bonchev–Trinajstić information content (AvgIpc) is 3.07. The summed E-state index contributed by atoms with van der Waals surface area (Å²) in [6.07, 6.45) is 7.27. The van der Waals surface area contributed by atoms with Crippen molar-refractivity contribution in [2.45, 2.75) is 59.3 Å². The molecule has 4 aliphatic carbocycles. The summed E-state index contributed by atoms with van der Waals surface area (Å²) in [7, 11) is 0. The molecular weight excluding hydrogens is 424 g/mol. The van der Waals surface area contributed by atoms with Gasteiger partial charge in [0, 0.05) is 17.1 Å². The van der Waals surface area contributed by atoms with Gasteiger partial charge in [-0.15, -0.1) is 10.2 Å². The Morgan fingerprint density at radius 1 is 0.882 bits per heavy atom. The molecule has 0 atom stereocenters. The second-order valence-corrected chi connectivity index (χ2v) is 10.8. The molecule has 2 aromatic heterocycles. The van der Waals surface area contributed by atoms with Crippen molar-refractivity contribution in [2.24, 2.45) is 23.2 Å². The molecule has 7 heteroatoms. The Morgan fingerprint density at radius 2 is 1.50 bits per heavy atom. The minimum atomic E-state index is -0.132. The largest absolute Gasteiger partial charge is 0.339 e. The van der Waals surface area contributed by atoms with E-state index in [1.165, 1.54) is 24.8 Å². The molecule has 0 aliphatic heterocycles. The van der Waals surface area contributed by atoms with E-state index < -0.39 is 0 Å². The molecule has 0 spiro atoms. The number of carbonyl (C=O) groups excluding carboxylic acids is 1. The van der Waals surface area contributed by atoms with Crippen molar-refractivity contribution in [1.82, 2.24) is 20.0 Å². The second kappa shape index (κ2) is 7.93. The number of hydrogen-bond donors (Lipinski definition) is 2. The molecule has 7 rings (SSSR count). The Hall–Kier alpha value is -3.22. The van der Waals surface area contributed by atoms with Crippen LogP contribution in [0.2, 0.25) is 0 Å². The Kier molecular flexibility index (Phi) is 4.97. The first-order valence-electron chi connectivity index (χ1n) is 12.4. The predicted octanol–water partition coefficient (Wildman–Crippen LogP) is 5.49. The molecule has 7 nitrogen and oxygen atoms in total. The summed E-state index contributed by atoms with van der Waals surface area (Å²) in [6.45, 7) is 6.09. The zero-order chi connectivity index (χ0) is 23.4. The molecule has 1 aromatic carbocycles. The fraction of sp³-hybridized carbons (Fsp3) is 0.481. The van der Waals surface area contributed by atoms with Crippen molar-refractivity contribution in [3.63, 3.8) is 0 Å². The van der Waals surface area contributed by atoms with E-state index in [9.17, 15) is 4.79 Å². The predicted molar refractivity (Wildman–Crippen MR) is 132 cm³/mol. The van der Waals surface area contributed by atoms with Crippen LogP contribution in [0.25, 0.3) is 5.82 Å². The number of benzene rings is 1. The molecule has 34 heavy (non-hydrogen) atoms. The summed E-state index contributed by atoms with van der Waals surface area (Å²) in [4.78, 5) is 13.3. The van der Waals surface area contributed by atoms with Gasteiger partial charge in [-0.2, -0.15) is 5.10 Å². The Balaban J connectivity index is 1.11. The number of carbonyl (C=O) groups is 1. The number of aryl methyl sites for hydroxylation is 1. The van der Waals surface area contributed by atoms with Crippen LogP contribution in [-0.2, 0) is 4.79 Å². The lowest BCUT2D eigenvalue weighted by molar-refractivity contribution is -0.140. The Labute approximate surface area is 200 Å². The summed E-state index contributed by atoms with van der Waals surface area (Å²) < 4.78 is 1.82. The van der Waals surface area contributed by atoms with Crippen molar-refractivity contribution in [1.29, 1.82) is 0 Å². The monoisotopic (exact) mass is 456 g/mol. The van der Waals surface area contributed by atoms with E-state index in [1.807, 2.05) is 54.9 Å². The van der Waals surface area contributed by atoms with E-state index in [1.54, 1.807) is 0 Å². The quantitative estimate of drug-likeness (QED) is 0.531. The van der Waals surface area contributed by atoms with Gasteiger partial charge in [0.1, 0.15) is 0 Å². The Morgan fingerprint density at radius 3 is 2.03 bits per heavy atom. The number of anilines is 3. The fourth-order valence-corrected chi connectivity index (χ4v) is 6.89. The number of nitrogens with zero attached hydrogens (tertiary/aromatic N) is 4. The van der Waals surface area contributed by atoms with Gasteiger partial charge in [-0.3, -0.25) is 4.79 Å². The average molecular weight is 457 g/mol. The summed E-state index contributed by atoms with van der Waals surface area (Å²) in [5.74, 6) is 3.88. The van der Waals surface area contributed by atoms with E-state index in [2.05, 4.69) is 32.9 Å². The van der Waals surface area contributed by atoms with Crippen molar-refractivity contribution >= 4 is 23.1 Å². The maximum absolute atomic E-state index is 13.3. The highest BCUT2D eigenvalue weighted by Crippen LogP contribution is 2.60. The van der Waals surface area contributed by atoms with Crippen molar-refractivity contribution in [3.05, 3.63) is 53.3 Å². The molecule has 4 bridgehead atoms. The first-order valence-corrected chi connectivity index (χ1v) is 12.4. The molecule has 0 saturated heterocycles. The third-order valence-electron chi connectivity index (χ3n) is 8.46. The van der Waals surface area contributed by atoms with Crippen molar-refractivity contribution < 1.29 is 4.79 Å². The van der Waals surface area contributed by atoms with Gasteiger partial charge >= 0.3 is 0 Å². The minimum Gasteiger partial charge on any atom is -0.339 e. The lowest BCUT2D eigenvalue weighted by Gasteiger charge is -2.55. The topological polar surface area (TPSA) is 84.7 Å². The summed E-state index contributed by atoms with van der Waals surface area (Å²) in [6, 6.07) is 11.7. The molecule has 1 amide bonds.